The Morgan fingerprint density at radius 1 is 1.47 bits per heavy atom. The molecule has 0 fully saturated rings. The molecule has 2 heterocycles. The van der Waals surface area contributed by atoms with Crippen molar-refractivity contribution >= 4 is 21.2 Å². The molecule has 0 spiro atoms. The summed E-state index contributed by atoms with van der Waals surface area (Å²) >= 11 is 1.62. The zero-order valence-electron chi connectivity index (χ0n) is 9.75. The van der Waals surface area contributed by atoms with Gasteiger partial charge in [0.15, 0.2) is 0 Å². The summed E-state index contributed by atoms with van der Waals surface area (Å²) < 4.78 is 24.2. The standard InChI is InChI=1S/C11H14N2O2S2/c1-9-3-7-16-10(9)11-12-4-5-13(11)6-8-17(2,14)15/h3-5,7H,6,8H2,1-2H3. The summed E-state index contributed by atoms with van der Waals surface area (Å²) in [5.74, 6) is 0.988. The van der Waals surface area contributed by atoms with Gasteiger partial charge >= 0.3 is 0 Å². The van der Waals surface area contributed by atoms with E-state index in [9.17, 15) is 8.42 Å². The molecule has 0 saturated carbocycles. The summed E-state index contributed by atoms with van der Waals surface area (Å²) in [5.41, 5.74) is 1.17. The minimum absolute atomic E-state index is 0.140. The monoisotopic (exact) mass is 270 g/mol. The van der Waals surface area contributed by atoms with Crippen LogP contribution in [0.2, 0.25) is 0 Å². The van der Waals surface area contributed by atoms with E-state index in [-0.39, 0.29) is 5.75 Å². The third-order valence-corrected chi connectivity index (χ3v) is 4.42. The summed E-state index contributed by atoms with van der Waals surface area (Å²) in [6.45, 7) is 2.48. The largest absolute Gasteiger partial charge is 0.329 e. The highest BCUT2D eigenvalue weighted by molar-refractivity contribution is 7.90. The average Bonchev–Trinajstić information content (AvgIpc) is 2.81. The van der Waals surface area contributed by atoms with Gasteiger partial charge in [-0.2, -0.15) is 0 Å². The zero-order valence-corrected chi connectivity index (χ0v) is 11.4. The Kier molecular flexibility index (Phi) is 3.35. The molecule has 6 heteroatoms. The van der Waals surface area contributed by atoms with Gasteiger partial charge in [0.1, 0.15) is 15.7 Å². The Labute approximate surface area is 105 Å². The van der Waals surface area contributed by atoms with Gasteiger partial charge in [0, 0.05) is 25.2 Å². The molecule has 0 bridgehead atoms. The zero-order chi connectivity index (χ0) is 12.5. The quantitative estimate of drug-likeness (QED) is 0.853. The Hall–Kier alpha value is -1.14. The van der Waals surface area contributed by atoms with Crippen LogP contribution in [-0.4, -0.2) is 30.0 Å². The van der Waals surface area contributed by atoms with Crippen molar-refractivity contribution in [1.82, 2.24) is 9.55 Å². The van der Waals surface area contributed by atoms with Gasteiger partial charge < -0.3 is 4.57 Å². The van der Waals surface area contributed by atoms with Gasteiger partial charge in [0.2, 0.25) is 0 Å². The van der Waals surface area contributed by atoms with E-state index in [4.69, 9.17) is 0 Å². The fourth-order valence-electron chi connectivity index (χ4n) is 1.56. The molecule has 4 nitrogen and oxygen atoms in total. The maximum Gasteiger partial charge on any atom is 0.150 e. The SMILES string of the molecule is Cc1ccsc1-c1nccn1CCS(C)(=O)=O. The Morgan fingerprint density at radius 2 is 2.24 bits per heavy atom. The molecule has 0 aliphatic rings. The third kappa shape index (κ3) is 2.95. The van der Waals surface area contributed by atoms with Crippen LogP contribution in [0.25, 0.3) is 10.7 Å². The van der Waals surface area contributed by atoms with E-state index in [1.54, 1.807) is 17.5 Å². The van der Waals surface area contributed by atoms with E-state index in [0.29, 0.717) is 6.54 Å². The first-order valence-electron chi connectivity index (χ1n) is 5.21. The van der Waals surface area contributed by atoms with Gasteiger partial charge in [-0.1, -0.05) is 0 Å². The van der Waals surface area contributed by atoms with Gasteiger partial charge in [-0.3, -0.25) is 0 Å². The van der Waals surface area contributed by atoms with Crippen LogP contribution in [0.1, 0.15) is 5.56 Å². The molecule has 0 aromatic carbocycles. The molecule has 0 aliphatic heterocycles. The van der Waals surface area contributed by atoms with Gasteiger partial charge in [0.25, 0.3) is 0 Å². The van der Waals surface area contributed by atoms with Crippen molar-refractivity contribution in [2.75, 3.05) is 12.0 Å². The highest BCUT2D eigenvalue weighted by atomic mass is 32.2. The van der Waals surface area contributed by atoms with Crippen LogP contribution in [0.4, 0.5) is 0 Å². The van der Waals surface area contributed by atoms with E-state index in [2.05, 4.69) is 4.98 Å². The van der Waals surface area contributed by atoms with Crippen LogP contribution in [0.15, 0.2) is 23.8 Å². The van der Waals surface area contributed by atoms with Crippen LogP contribution in [0.5, 0.6) is 0 Å². The van der Waals surface area contributed by atoms with E-state index in [0.717, 1.165) is 10.7 Å². The molecular weight excluding hydrogens is 256 g/mol. The Bertz CT molecular complexity index is 611. The lowest BCUT2D eigenvalue weighted by Gasteiger charge is -2.06. The van der Waals surface area contributed by atoms with Crippen LogP contribution < -0.4 is 0 Å². The molecule has 0 unspecified atom stereocenters. The maximum absolute atomic E-state index is 11.2. The number of thiophene rings is 1. The lowest BCUT2D eigenvalue weighted by atomic mass is 10.3. The molecule has 0 saturated heterocycles. The number of hydrogen-bond donors (Lipinski definition) is 0. The molecule has 0 amide bonds. The van der Waals surface area contributed by atoms with E-state index >= 15 is 0 Å². The lowest BCUT2D eigenvalue weighted by Crippen LogP contribution is -2.11. The summed E-state index contributed by atoms with van der Waals surface area (Å²) in [6, 6.07) is 2.04. The highest BCUT2D eigenvalue weighted by Gasteiger charge is 2.11. The van der Waals surface area contributed by atoms with Crippen molar-refractivity contribution in [2.45, 2.75) is 13.5 Å². The Morgan fingerprint density at radius 3 is 2.82 bits per heavy atom. The molecule has 0 radical (unpaired) electrons. The van der Waals surface area contributed by atoms with Crippen LogP contribution in [0, 0.1) is 6.92 Å². The number of hydrogen-bond acceptors (Lipinski definition) is 4. The first kappa shape index (κ1) is 12.3. The molecule has 2 rings (SSSR count). The summed E-state index contributed by atoms with van der Waals surface area (Å²) in [4.78, 5) is 5.40. The number of rotatable bonds is 4. The van der Waals surface area contributed by atoms with E-state index in [1.807, 2.05) is 29.1 Å². The minimum atomic E-state index is -2.94. The third-order valence-electron chi connectivity index (χ3n) is 2.48. The number of aromatic nitrogens is 2. The second kappa shape index (κ2) is 4.62. The number of nitrogens with zero attached hydrogens (tertiary/aromatic N) is 2. The van der Waals surface area contributed by atoms with Crippen LogP contribution in [0.3, 0.4) is 0 Å². The van der Waals surface area contributed by atoms with Crippen LogP contribution in [-0.2, 0) is 16.4 Å². The number of imidazole rings is 1. The van der Waals surface area contributed by atoms with Crippen molar-refractivity contribution in [3.63, 3.8) is 0 Å². The predicted octanol–water partition coefficient (Wildman–Crippen LogP) is 1.96. The summed E-state index contributed by atoms with van der Waals surface area (Å²) in [7, 11) is -2.94. The lowest BCUT2D eigenvalue weighted by molar-refractivity contribution is 0.595. The van der Waals surface area contributed by atoms with Crippen molar-refractivity contribution in [3.05, 3.63) is 29.4 Å². The molecule has 92 valence electrons. The molecule has 0 aliphatic carbocycles. The average molecular weight is 270 g/mol. The number of sulfone groups is 1. The van der Waals surface area contributed by atoms with Crippen molar-refractivity contribution in [3.8, 4) is 10.7 Å². The number of aryl methyl sites for hydroxylation is 2. The normalized spacial score (nSPS) is 11.9. The van der Waals surface area contributed by atoms with E-state index in [1.165, 1.54) is 11.8 Å². The van der Waals surface area contributed by atoms with Crippen molar-refractivity contribution < 1.29 is 8.42 Å². The fourth-order valence-corrected chi connectivity index (χ4v) is 3.03. The molecule has 2 aromatic rings. The van der Waals surface area contributed by atoms with Gasteiger partial charge in [-0.25, -0.2) is 13.4 Å². The van der Waals surface area contributed by atoms with Crippen LogP contribution >= 0.6 is 11.3 Å². The fraction of sp³-hybridized carbons (Fsp3) is 0.364. The molecular formula is C11H14N2O2S2. The molecule has 17 heavy (non-hydrogen) atoms. The second-order valence-electron chi connectivity index (χ2n) is 4.01. The van der Waals surface area contributed by atoms with Gasteiger partial charge in [0.05, 0.1) is 10.6 Å². The Balaban J connectivity index is 2.27. The summed E-state index contributed by atoms with van der Waals surface area (Å²) in [5, 5.41) is 2.01. The first-order chi connectivity index (χ1) is 7.97. The molecule has 0 atom stereocenters. The molecule has 2 aromatic heterocycles. The predicted molar refractivity (Wildman–Crippen MR) is 70.0 cm³/mol. The van der Waals surface area contributed by atoms with Crippen molar-refractivity contribution in [2.24, 2.45) is 0 Å². The second-order valence-corrected chi connectivity index (χ2v) is 7.18. The minimum Gasteiger partial charge on any atom is -0.329 e. The first-order valence-corrected chi connectivity index (χ1v) is 8.15. The summed E-state index contributed by atoms with van der Waals surface area (Å²) in [6.07, 6.45) is 4.77. The smallest absolute Gasteiger partial charge is 0.150 e. The van der Waals surface area contributed by atoms with Gasteiger partial charge in [-0.15, -0.1) is 11.3 Å². The van der Waals surface area contributed by atoms with Gasteiger partial charge in [-0.05, 0) is 23.9 Å². The van der Waals surface area contributed by atoms with Crippen molar-refractivity contribution in [1.29, 1.82) is 0 Å². The topological polar surface area (TPSA) is 52.0 Å². The highest BCUT2D eigenvalue weighted by Crippen LogP contribution is 2.27. The van der Waals surface area contributed by atoms with E-state index < -0.39 is 9.84 Å². The molecule has 0 N–H and O–H groups in total. The maximum atomic E-state index is 11.2.